The van der Waals surface area contributed by atoms with Crippen molar-refractivity contribution in [2.24, 2.45) is 0 Å². The van der Waals surface area contributed by atoms with E-state index in [1.54, 1.807) is 59.1 Å². The Balaban J connectivity index is 2.06. The first-order chi connectivity index (χ1) is 18.2. The molecule has 0 aliphatic carbocycles. The highest BCUT2D eigenvalue weighted by molar-refractivity contribution is 8.01. The van der Waals surface area contributed by atoms with Crippen molar-refractivity contribution in [2.75, 3.05) is 26.4 Å². The molecule has 0 bridgehead atoms. The van der Waals surface area contributed by atoms with Gasteiger partial charge in [0, 0.05) is 32.8 Å². The fraction of sp³-hybridized carbons (Fsp3) is 0.444. The van der Waals surface area contributed by atoms with Crippen molar-refractivity contribution >= 4 is 39.8 Å². The van der Waals surface area contributed by atoms with Crippen LogP contribution in [-0.4, -0.2) is 79.0 Å². The molecule has 39 heavy (non-hydrogen) atoms. The highest BCUT2D eigenvalue weighted by atomic mass is 32.2. The fourth-order valence-electron chi connectivity index (χ4n) is 3.70. The van der Waals surface area contributed by atoms with Gasteiger partial charge in [-0.1, -0.05) is 29.8 Å². The number of carbonyl (C=O) groups is 3. The van der Waals surface area contributed by atoms with Gasteiger partial charge in [0.2, 0.25) is 0 Å². The van der Waals surface area contributed by atoms with Gasteiger partial charge in [0.15, 0.2) is 0 Å². The summed E-state index contributed by atoms with van der Waals surface area (Å²) in [6.45, 7) is 7.37. The number of nitrogens with zero attached hydrogens (tertiary/aromatic N) is 2. The molecule has 12 heteroatoms. The zero-order valence-electron chi connectivity index (χ0n) is 23.0. The van der Waals surface area contributed by atoms with Crippen LogP contribution in [0.25, 0.3) is 0 Å². The lowest BCUT2D eigenvalue weighted by atomic mass is 10.0. The van der Waals surface area contributed by atoms with Crippen molar-refractivity contribution in [1.29, 1.82) is 0 Å². The molecule has 1 aliphatic heterocycles. The number of aryl methyl sites for hydroxylation is 1. The van der Waals surface area contributed by atoms with Gasteiger partial charge in [-0.15, -0.1) is 11.8 Å². The Morgan fingerprint density at radius 2 is 1.67 bits per heavy atom. The Kier molecular flexibility index (Phi) is 9.68. The third-order valence-electron chi connectivity index (χ3n) is 5.62. The highest BCUT2D eigenvalue weighted by Crippen LogP contribution is 2.28. The SMILES string of the molecule is Cc1ccc(S(=O)(=O)N(C(=O)[C@H]2NCCS2)[C@@H](Cc2ccc(OC(=O)N(C)C)cc2)C(=O)OC(C)(C)C)cc1. The zero-order chi connectivity index (χ0) is 29.0. The molecule has 0 saturated carbocycles. The van der Waals surface area contributed by atoms with E-state index in [2.05, 4.69) is 5.32 Å². The summed E-state index contributed by atoms with van der Waals surface area (Å²) in [5.74, 6) is -0.694. The van der Waals surface area contributed by atoms with Crippen LogP contribution in [0.5, 0.6) is 5.75 Å². The molecule has 2 atom stereocenters. The van der Waals surface area contributed by atoms with E-state index in [-0.39, 0.29) is 17.1 Å². The summed E-state index contributed by atoms with van der Waals surface area (Å²) in [6, 6.07) is 10.9. The van der Waals surface area contributed by atoms with Crippen LogP contribution in [0, 0.1) is 6.92 Å². The smallest absolute Gasteiger partial charge is 0.414 e. The highest BCUT2D eigenvalue weighted by Gasteiger charge is 2.44. The number of rotatable bonds is 8. The Morgan fingerprint density at radius 1 is 1.05 bits per heavy atom. The second-order valence-corrected chi connectivity index (χ2v) is 13.3. The van der Waals surface area contributed by atoms with E-state index in [4.69, 9.17) is 9.47 Å². The van der Waals surface area contributed by atoms with Gasteiger partial charge in [-0.25, -0.2) is 22.3 Å². The molecule has 0 spiro atoms. The van der Waals surface area contributed by atoms with Gasteiger partial charge in [-0.2, -0.15) is 0 Å². The van der Waals surface area contributed by atoms with Gasteiger partial charge in [0.1, 0.15) is 22.8 Å². The number of sulfonamides is 1. The van der Waals surface area contributed by atoms with Crippen LogP contribution in [0.4, 0.5) is 4.79 Å². The zero-order valence-corrected chi connectivity index (χ0v) is 24.6. The van der Waals surface area contributed by atoms with Crippen LogP contribution in [0.2, 0.25) is 0 Å². The van der Waals surface area contributed by atoms with Crippen molar-refractivity contribution in [1.82, 2.24) is 14.5 Å². The first kappa shape index (κ1) is 30.5. The molecule has 1 fully saturated rings. The van der Waals surface area contributed by atoms with Crippen molar-refractivity contribution < 1.29 is 32.3 Å². The molecule has 2 aromatic carbocycles. The minimum Gasteiger partial charge on any atom is -0.458 e. The standard InChI is InChI=1S/C27H35N3O7S2/c1-18-7-13-21(14-8-18)39(34,35)30(24(31)23-28-15-16-38-23)22(25(32)37-27(2,3)4)17-19-9-11-20(12-10-19)36-26(33)29(5)6/h7-14,22-23,28H,15-17H2,1-6H3/t22-,23-/m0/s1. The van der Waals surface area contributed by atoms with E-state index >= 15 is 0 Å². The number of nitrogens with one attached hydrogen (secondary N) is 1. The van der Waals surface area contributed by atoms with Gasteiger partial charge in [-0.05, 0) is 57.5 Å². The molecule has 2 aromatic rings. The number of amides is 2. The molecule has 1 aliphatic rings. The molecular weight excluding hydrogens is 542 g/mol. The molecule has 10 nitrogen and oxygen atoms in total. The summed E-state index contributed by atoms with van der Waals surface area (Å²) in [5.41, 5.74) is 0.459. The van der Waals surface area contributed by atoms with Crippen LogP contribution >= 0.6 is 11.8 Å². The number of benzene rings is 2. The number of esters is 1. The number of ether oxygens (including phenoxy) is 2. The Labute approximate surface area is 234 Å². The van der Waals surface area contributed by atoms with Crippen LogP contribution in [0.3, 0.4) is 0 Å². The molecule has 212 valence electrons. The molecule has 0 radical (unpaired) electrons. The maximum Gasteiger partial charge on any atom is 0.414 e. The van der Waals surface area contributed by atoms with Crippen molar-refractivity contribution in [3.8, 4) is 5.75 Å². The summed E-state index contributed by atoms with van der Waals surface area (Å²) in [5, 5.41) is 2.18. The van der Waals surface area contributed by atoms with E-state index in [0.29, 0.717) is 22.2 Å². The first-order valence-corrected chi connectivity index (χ1v) is 14.9. The summed E-state index contributed by atoms with van der Waals surface area (Å²) in [7, 11) is -1.34. The summed E-state index contributed by atoms with van der Waals surface area (Å²) in [6.07, 6.45) is -0.706. The molecule has 2 amide bonds. The van der Waals surface area contributed by atoms with Crippen LogP contribution in [0.15, 0.2) is 53.4 Å². The Hall–Kier alpha value is -3.09. The van der Waals surface area contributed by atoms with E-state index in [0.717, 1.165) is 5.56 Å². The van der Waals surface area contributed by atoms with E-state index in [1.165, 1.54) is 40.9 Å². The minimum atomic E-state index is -4.45. The Bertz CT molecular complexity index is 1280. The van der Waals surface area contributed by atoms with Crippen LogP contribution in [0.1, 0.15) is 31.9 Å². The molecular formula is C27H35N3O7S2. The summed E-state index contributed by atoms with van der Waals surface area (Å²) < 4.78 is 39.5. The van der Waals surface area contributed by atoms with Crippen LogP contribution in [-0.2, 0) is 30.8 Å². The average Bonchev–Trinajstić information content (AvgIpc) is 3.39. The van der Waals surface area contributed by atoms with Crippen molar-refractivity contribution in [3.63, 3.8) is 0 Å². The minimum absolute atomic E-state index is 0.107. The van der Waals surface area contributed by atoms with E-state index in [9.17, 15) is 22.8 Å². The number of hydrogen-bond acceptors (Lipinski definition) is 9. The fourth-order valence-corrected chi connectivity index (χ4v) is 6.28. The van der Waals surface area contributed by atoms with Gasteiger partial charge < -0.3 is 14.4 Å². The molecule has 1 saturated heterocycles. The lowest BCUT2D eigenvalue weighted by molar-refractivity contribution is -0.161. The molecule has 0 unspecified atom stereocenters. The Morgan fingerprint density at radius 3 is 2.18 bits per heavy atom. The van der Waals surface area contributed by atoms with Crippen LogP contribution < -0.4 is 10.1 Å². The maximum absolute atomic E-state index is 14.0. The third-order valence-corrected chi connectivity index (χ3v) is 8.58. The van der Waals surface area contributed by atoms with Crippen molar-refractivity contribution in [3.05, 3.63) is 59.7 Å². The lowest BCUT2D eigenvalue weighted by Gasteiger charge is -2.33. The summed E-state index contributed by atoms with van der Waals surface area (Å²) in [4.78, 5) is 40.4. The first-order valence-electron chi connectivity index (χ1n) is 12.4. The number of thioether (sulfide) groups is 1. The van der Waals surface area contributed by atoms with Gasteiger partial charge in [0.25, 0.3) is 15.9 Å². The molecule has 1 heterocycles. The summed E-state index contributed by atoms with van der Waals surface area (Å²) >= 11 is 1.28. The predicted molar refractivity (Wildman–Crippen MR) is 149 cm³/mol. The van der Waals surface area contributed by atoms with E-state index < -0.39 is 45.0 Å². The molecule has 3 rings (SSSR count). The van der Waals surface area contributed by atoms with Gasteiger partial charge in [0.05, 0.1) is 4.90 Å². The maximum atomic E-state index is 14.0. The lowest BCUT2D eigenvalue weighted by Crippen LogP contribution is -2.55. The third kappa shape index (κ3) is 7.96. The predicted octanol–water partition coefficient (Wildman–Crippen LogP) is 3.19. The van der Waals surface area contributed by atoms with Gasteiger partial charge in [-0.3, -0.25) is 10.1 Å². The quantitative estimate of drug-likeness (QED) is 0.471. The normalized spacial score (nSPS) is 16.3. The van der Waals surface area contributed by atoms with Crippen molar-refractivity contribution in [2.45, 2.75) is 56.0 Å². The average molecular weight is 578 g/mol. The second-order valence-electron chi connectivity index (χ2n) is 10.3. The topological polar surface area (TPSA) is 122 Å². The second kappa shape index (κ2) is 12.4. The number of hydrogen-bond donors (Lipinski definition) is 1. The monoisotopic (exact) mass is 577 g/mol. The molecule has 1 N–H and O–H groups in total. The largest absolute Gasteiger partial charge is 0.458 e. The molecule has 0 aromatic heterocycles. The van der Waals surface area contributed by atoms with Gasteiger partial charge >= 0.3 is 12.1 Å². The number of carbonyl (C=O) groups excluding carboxylic acids is 3. The van der Waals surface area contributed by atoms with E-state index in [1.807, 2.05) is 6.92 Å².